The number of imide groups is 2. The number of terminal acetylenes is 2. The minimum Gasteiger partial charge on any atom is -0.457 e. The number of benzene rings is 9. The average molecular weight is 887 g/mol. The maximum absolute atomic E-state index is 15.0. The fourth-order valence-electron chi connectivity index (χ4n) is 9.74. The molecule has 0 fully saturated rings. The number of ether oxygens (including phenoxy) is 2. The summed E-state index contributed by atoms with van der Waals surface area (Å²) >= 11 is 0. The Labute approximate surface area is 393 Å². The number of amides is 4. The monoisotopic (exact) mass is 886 g/mol. The van der Waals surface area contributed by atoms with E-state index >= 15 is 0 Å². The molecule has 0 saturated heterocycles. The molecule has 2 heterocycles. The second-order valence-corrected chi connectivity index (χ2v) is 19.4. The molecule has 9 aromatic carbocycles. The van der Waals surface area contributed by atoms with Crippen LogP contribution in [0, 0.1) is 24.7 Å². The van der Waals surface area contributed by atoms with E-state index < -0.39 is 23.6 Å². The van der Waals surface area contributed by atoms with Crippen LogP contribution >= 0.6 is 0 Å². The highest BCUT2D eigenvalue weighted by Crippen LogP contribution is 2.53. The molecule has 68 heavy (non-hydrogen) atoms. The van der Waals surface area contributed by atoms with Gasteiger partial charge in [-0.1, -0.05) is 89.8 Å². The van der Waals surface area contributed by atoms with Crippen LogP contribution < -0.4 is 19.3 Å². The van der Waals surface area contributed by atoms with E-state index in [1.807, 2.05) is 60.7 Å². The molecule has 9 aromatic rings. The van der Waals surface area contributed by atoms with Crippen LogP contribution in [0.3, 0.4) is 0 Å². The Morgan fingerprint density at radius 1 is 0.397 bits per heavy atom. The molecule has 0 bridgehead atoms. The van der Waals surface area contributed by atoms with Crippen molar-refractivity contribution < 1.29 is 28.7 Å². The Kier molecular flexibility index (Phi) is 9.19. The lowest BCUT2D eigenvalue weighted by Gasteiger charge is -2.31. The van der Waals surface area contributed by atoms with E-state index in [0.717, 1.165) is 11.1 Å². The zero-order valence-electron chi connectivity index (χ0n) is 38.2. The van der Waals surface area contributed by atoms with Gasteiger partial charge in [0.2, 0.25) is 0 Å². The maximum atomic E-state index is 15.0. The van der Waals surface area contributed by atoms with Gasteiger partial charge in [0.15, 0.2) is 0 Å². The number of hydrogen-bond acceptors (Lipinski definition) is 6. The van der Waals surface area contributed by atoms with Crippen LogP contribution in [0.2, 0.25) is 0 Å². The van der Waals surface area contributed by atoms with Crippen molar-refractivity contribution >= 4 is 78.1 Å². The number of anilines is 2. The second-order valence-electron chi connectivity index (χ2n) is 19.4. The second kappa shape index (κ2) is 14.9. The highest BCUT2D eigenvalue weighted by molar-refractivity contribution is 6.46. The fraction of sp³-hybridized carbons (Fsp3) is 0.133. The van der Waals surface area contributed by atoms with Gasteiger partial charge in [-0.05, 0) is 130 Å². The molecular weight excluding hydrogens is 845 g/mol. The lowest BCUT2D eigenvalue weighted by molar-refractivity contribution is 0.0877. The van der Waals surface area contributed by atoms with Crippen molar-refractivity contribution in [1.29, 1.82) is 0 Å². The van der Waals surface area contributed by atoms with Crippen LogP contribution in [-0.2, 0) is 10.8 Å². The maximum Gasteiger partial charge on any atom is 0.266 e. The summed E-state index contributed by atoms with van der Waals surface area (Å²) in [4.78, 5) is 61.8. The standard InChI is InChI=1S/C60H42N2O6/c1-9-33-11-19-37(20-12-33)61-55(63)43-29-27-41-52-48(68-40-25-17-36(18-26-40)60(6,7)8)32-46-50-44(56(64)62(58(46)66)38-21-13-34(10-2)14-22-38)30-28-42(54(50)52)51-47(31-45(57(61)65)49(43)53(41)51)67-39-23-15-35(16-24-39)59(3,4)5/h1-2,11-32H,3-8H3. The minimum absolute atomic E-state index is 0.118. The molecule has 11 rings (SSSR count). The number of rotatable bonds is 6. The lowest BCUT2D eigenvalue weighted by Crippen LogP contribution is -2.40. The van der Waals surface area contributed by atoms with E-state index in [1.165, 1.54) is 9.80 Å². The minimum atomic E-state index is -0.536. The van der Waals surface area contributed by atoms with Gasteiger partial charge in [0.1, 0.15) is 23.0 Å². The first-order valence-electron chi connectivity index (χ1n) is 22.3. The van der Waals surface area contributed by atoms with E-state index in [1.54, 1.807) is 72.8 Å². The molecule has 4 amide bonds. The molecular formula is C60H42N2O6. The Balaban J connectivity index is 1.23. The molecule has 8 heteroatoms. The Morgan fingerprint density at radius 3 is 1.06 bits per heavy atom. The molecule has 0 radical (unpaired) electrons. The summed E-state index contributed by atoms with van der Waals surface area (Å²) in [7, 11) is 0. The van der Waals surface area contributed by atoms with Crippen LogP contribution in [-0.4, -0.2) is 23.6 Å². The Morgan fingerprint density at radius 2 is 0.735 bits per heavy atom. The number of nitrogens with zero attached hydrogens (tertiary/aromatic N) is 2. The quantitative estimate of drug-likeness (QED) is 0.0714. The zero-order chi connectivity index (χ0) is 47.6. The molecule has 0 aromatic heterocycles. The van der Waals surface area contributed by atoms with E-state index in [-0.39, 0.29) is 22.0 Å². The van der Waals surface area contributed by atoms with Crippen molar-refractivity contribution in [3.63, 3.8) is 0 Å². The van der Waals surface area contributed by atoms with E-state index in [9.17, 15) is 19.2 Å². The van der Waals surface area contributed by atoms with Crippen LogP contribution in [0.25, 0.3) is 43.1 Å². The van der Waals surface area contributed by atoms with Gasteiger partial charge in [-0.2, -0.15) is 0 Å². The molecule has 0 aliphatic carbocycles. The zero-order valence-corrected chi connectivity index (χ0v) is 38.2. The molecule has 0 spiro atoms. The lowest BCUT2D eigenvalue weighted by atomic mass is 9.81. The topological polar surface area (TPSA) is 93.2 Å². The van der Waals surface area contributed by atoms with Crippen molar-refractivity contribution in [2.45, 2.75) is 52.4 Å². The number of carbonyl (C=O) groups excluding carboxylic acids is 4. The van der Waals surface area contributed by atoms with Crippen LogP contribution in [0.15, 0.2) is 133 Å². The van der Waals surface area contributed by atoms with Crippen LogP contribution in [0.4, 0.5) is 11.4 Å². The first-order chi connectivity index (χ1) is 32.5. The van der Waals surface area contributed by atoms with Gasteiger partial charge < -0.3 is 9.47 Å². The molecule has 0 unspecified atom stereocenters. The third kappa shape index (κ3) is 6.33. The summed E-state index contributed by atoms with van der Waals surface area (Å²) in [5.41, 5.74) is 5.07. The highest BCUT2D eigenvalue weighted by Gasteiger charge is 2.40. The van der Waals surface area contributed by atoms with Gasteiger partial charge in [0.25, 0.3) is 23.6 Å². The Bertz CT molecular complexity index is 3510. The summed E-state index contributed by atoms with van der Waals surface area (Å²) < 4.78 is 13.8. The summed E-state index contributed by atoms with van der Waals surface area (Å²) in [5, 5.41) is 4.54. The third-order valence-electron chi connectivity index (χ3n) is 13.2. The number of carbonyl (C=O) groups is 4. The molecule has 0 atom stereocenters. The van der Waals surface area contributed by atoms with Crippen molar-refractivity contribution in [3.05, 3.63) is 178 Å². The van der Waals surface area contributed by atoms with E-state index in [2.05, 4.69) is 53.4 Å². The Hall–Kier alpha value is -8.72. The van der Waals surface area contributed by atoms with Gasteiger partial charge >= 0.3 is 0 Å². The fourth-order valence-corrected chi connectivity index (χ4v) is 9.74. The van der Waals surface area contributed by atoms with Gasteiger partial charge in [0, 0.05) is 54.6 Å². The smallest absolute Gasteiger partial charge is 0.266 e. The van der Waals surface area contributed by atoms with Crippen molar-refractivity contribution in [2.75, 3.05) is 9.80 Å². The average Bonchev–Trinajstić information content (AvgIpc) is 3.32. The van der Waals surface area contributed by atoms with Crippen LogP contribution in [0.1, 0.15) is 105 Å². The number of fused-ring (bicyclic) bond motifs is 2. The highest BCUT2D eigenvalue weighted by atomic mass is 16.5. The predicted molar refractivity (Wildman–Crippen MR) is 269 cm³/mol. The molecule has 0 N–H and O–H groups in total. The van der Waals surface area contributed by atoms with Crippen LogP contribution in [0.5, 0.6) is 23.0 Å². The predicted octanol–water partition coefficient (Wildman–Crippen LogP) is 13.5. The summed E-state index contributed by atoms with van der Waals surface area (Å²) in [5.74, 6) is 4.84. The van der Waals surface area contributed by atoms with Gasteiger partial charge in [-0.25, -0.2) is 9.80 Å². The van der Waals surface area contributed by atoms with E-state index in [4.69, 9.17) is 22.3 Å². The molecule has 2 aliphatic rings. The van der Waals surface area contributed by atoms with Gasteiger partial charge in [-0.15, -0.1) is 12.8 Å². The molecule has 2 aliphatic heterocycles. The molecule has 0 saturated carbocycles. The van der Waals surface area contributed by atoms with Crippen molar-refractivity contribution in [1.82, 2.24) is 0 Å². The van der Waals surface area contributed by atoms with Crippen molar-refractivity contribution in [3.8, 4) is 47.7 Å². The SMILES string of the molecule is C#Cc1ccc(N2C(=O)c3ccc4c5c(Oc6ccc(C(C)(C)C)cc6)cc6c7c(ccc(c8c(Oc9ccc(C(C)(C)C)cc9)cc(c3c48)C2=O)c75)C(=O)N(c2ccc(C#C)cc2)C6=O)cc1. The largest absolute Gasteiger partial charge is 0.457 e. The summed E-state index contributed by atoms with van der Waals surface area (Å²) in [6.07, 6.45) is 11.3. The molecule has 8 nitrogen and oxygen atoms in total. The van der Waals surface area contributed by atoms with Gasteiger partial charge in [0.05, 0.1) is 22.5 Å². The van der Waals surface area contributed by atoms with E-state index in [0.29, 0.717) is 99.7 Å². The third-order valence-corrected chi connectivity index (χ3v) is 13.2. The summed E-state index contributed by atoms with van der Waals surface area (Å²) in [6.45, 7) is 12.8. The summed E-state index contributed by atoms with van der Waals surface area (Å²) in [6, 6.07) is 39.7. The first-order valence-corrected chi connectivity index (χ1v) is 22.3. The first kappa shape index (κ1) is 41.9. The van der Waals surface area contributed by atoms with Gasteiger partial charge in [-0.3, -0.25) is 19.2 Å². The number of hydrogen-bond donors (Lipinski definition) is 0. The molecule has 328 valence electrons. The van der Waals surface area contributed by atoms with Crippen molar-refractivity contribution in [2.24, 2.45) is 0 Å². The normalized spacial score (nSPS) is 13.8.